The molecule has 0 atom stereocenters. The van der Waals surface area contributed by atoms with Crippen LogP contribution in [0.25, 0.3) is 0 Å². The van der Waals surface area contributed by atoms with Crippen molar-refractivity contribution in [2.75, 3.05) is 5.32 Å². The van der Waals surface area contributed by atoms with Crippen molar-refractivity contribution in [2.45, 2.75) is 25.7 Å². The molecule has 150 valence electrons. The molecule has 0 aromatic heterocycles. The first-order valence-electron chi connectivity index (χ1n) is 7.91. The van der Waals surface area contributed by atoms with Crippen molar-refractivity contribution >= 4 is 28.9 Å². The SMILES string of the molecule is CCc1ccc(C(=O)NC(=S)Nc2cc(C(F)(F)F)cc(C(F)(F)F)c2)cc1. The molecule has 3 nitrogen and oxygen atoms in total. The van der Waals surface area contributed by atoms with E-state index in [1.54, 1.807) is 12.1 Å². The standard InChI is InChI=1S/C18H14F6N2OS/c1-2-10-3-5-11(6-4-10)15(27)26-16(28)25-14-8-12(17(19,20)21)7-13(9-14)18(22,23)24/h3-9H,2H2,1H3,(H2,25,26,27,28). The molecular weight excluding hydrogens is 406 g/mol. The summed E-state index contributed by atoms with van der Waals surface area (Å²) >= 11 is 4.83. The second-order valence-corrected chi connectivity index (χ2v) is 6.16. The lowest BCUT2D eigenvalue weighted by Crippen LogP contribution is -2.34. The smallest absolute Gasteiger partial charge is 0.332 e. The third kappa shape index (κ3) is 5.69. The van der Waals surface area contributed by atoms with Gasteiger partial charge in [-0.3, -0.25) is 10.1 Å². The molecule has 2 rings (SSSR count). The first-order valence-corrected chi connectivity index (χ1v) is 8.31. The van der Waals surface area contributed by atoms with Crippen LogP contribution in [-0.2, 0) is 18.8 Å². The van der Waals surface area contributed by atoms with Gasteiger partial charge in [0.05, 0.1) is 11.1 Å². The molecule has 0 fully saturated rings. The van der Waals surface area contributed by atoms with Gasteiger partial charge in [0.2, 0.25) is 0 Å². The predicted octanol–water partition coefficient (Wildman–Crippen LogP) is 5.41. The van der Waals surface area contributed by atoms with Gasteiger partial charge in [-0.2, -0.15) is 26.3 Å². The molecule has 0 aliphatic rings. The minimum atomic E-state index is -4.98. The van der Waals surface area contributed by atoms with Crippen molar-refractivity contribution < 1.29 is 31.1 Å². The van der Waals surface area contributed by atoms with E-state index in [1.807, 2.05) is 6.92 Å². The molecule has 0 bridgehead atoms. The van der Waals surface area contributed by atoms with Gasteiger partial charge in [-0.25, -0.2) is 0 Å². The lowest BCUT2D eigenvalue weighted by atomic mass is 10.1. The van der Waals surface area contributed by atoms with Crippen molar-refractivity contribution in [2.24, 2.45) is 0 Å². The van der Waals surface area contributed by atoms with Gasteiger partial charge in [0.1, 0.15) is 0 Å². The van der Waals surface area contributed by atoms with Crippen LogP contribution in [0, 0.1) is 0 Å². The molecule has 10 heteroatoms. The Labute approximate surface area is 161 Å². The summed E-state index contributed by atoms with van der Waals surface area (Å²) < 4.78 is 77.2. The Balaban J connectivity index is 2.19. The molecule has 0 unspecified atom stereocenters. The van der Waals surface area contributed by atoms with E-state index in [0.717, 1.165) is 12.0 Å². The van der Waals surface area contributed by atoms with E-state index < -0.39 is 40.2 Å². The zero-order valence-corrected chi connectivity index (χ0v) is 15.1. The van der Waals surface area contributed by atoms with Gasteiger partial charge in [0.25, 0.3) is 5.91 Å². The van der Waals surface area contributed by atoms with Gasteiger partial charge in [0, 0.05) is 11.3 Å². The summed E-state index contributed by atoms with van der Waals surface area (Å²) in [6, 6.07) is 7.45. The Kier molecular flexibility index (Phi) is 6.33. The zero-order chi connectivity index (χ0) is 21.1. The maximum atomic E-state index is 12.9. The molecule has 2 N–H and O–H groups in total. The summed E-state index contributed by atoms with van der Waals surface area (Å²) in [4.78, 5) is 12.1. The number of hydrogen-bond acceptors (Lipinski definition) is 2. The van der Waals surface area contributed by atoms with Crippen LogP contribution >= 0.6 is 12.2 Å². The average Bonchev–Trinajstić information content (AvgIpc) is 2.59. The number of carbonyl (C=O) groups excluding carboxylic acids is 1. The Hall–Kier alpha value is -2.62. The third-order valence-electron chi connectivity index (χ3n) is 3.70. The fourth-order valence-corrected chi connectivity index (χ4v) is 2.47. The van der Waals surface area contributed by atoms with Gasteiger partial charge in [-0.1, -0.05) is 19.1 Å². The van der Waals surface area contributed by atoms with Crippen molar-refractivity contribution in [3.63, 3.8) is 0 Å². The number of aryl methyl sites for hydroxylation is 1. The molecule has 0 aliphatic heterocycles. The highest BCUT2D eigenvalue weighted by Gasteiger charge is 2.37. The number of amides is 1. The zero-order valence-electron chi connectivity index (χ0n) is 14.3. The van der Waals surface area contributed by atoms with Crippen molar-refractivity contribution in [3.8, 4) is 0 Å². The molecule has 0 saturated carbocycles. The number of nitrogens with one attached hydrogen (secondary N) is 2. The number of halogens is 6. The Morgan fingerprint density at radius 1 is 0.929 bits per heavy atom. The number of anilines is 1. The molecular formula is C18H14F6N2OS. The van der Waals surface area contributed by atoms with Crippen LogP contribution in [0.4, 0.5) is 32.0 Å². The van der Waals surface area contributed by atoms with E-state index >= 15 is 0 Å². The van der Waals surface area contributed by atoms with Gasteiger partial charge in [-0.15, -0.1) is 0 Å². The maximum Gasteiger partial charge on any atom is 0.416 e. The first-order chi connectivity index (χ1) is 12.9. The highest BCUT2D eigenvalue weighted by Crippen LogP contribution is 2.37. The quantitative estimate of drug-likeness (QED) is 0.515. The Bertz CT molecular complexity index is 843. The summed E-state index contributed by atoms with van der Waals surface area (Å²) in [5.41, 5.74) is -2.31. The normalized spacial score (nSPS) is 11.8. The van der Waals surface area contributed by atoms with Crippen molar-refractivity contribution in [1.82, 2.24) is 5.32 Å². The first kappa shape index (κ1) is 21.7. The monoisotopic (exact) mass is 420 g/mol. The minimum Gasteiger partial charge on any atom is -0.332 e. The Morgan fingerprint density at radius 2 is 1.43 bits per heavy atom. The minimum absolute atomic E-state index is 0.00208. The van der Waals surface area contributed by atoms with E-state index in [9.17, 15) is 31.1 Å². The second kappa shape index (κ2) is 8.17. The van der Waals surface area contributed by atoms with E-state index in [4.69, 9.17) is 12.2 Å². The van der Waals surface area contributed by atoms with Gasteiger partial charge < -0.3 is 5.32 Å². The molecule has 0 aliphatic carbocycles. The van der Waals surface area contributed by atoms with E-state index in [0.29, 0.717) is 12.1 Å². The molecule has 2 aromatic rings. The number of thiocarbonyl (C=S) groups is 1. The van der Waals surface area contributed by atoms with Crippen molar-refractivity contribution in [1.29, 1.82) is 0 Å². The fourth-order valence-electron chi connectivity index (χ4n) is 2.26. The third-order valence-corrected chi connectivity index (χ3v) is 3.90. The number of alkyl halides is 6. The van der Waals surface area contributed by atoms with Crippen LogP contribution in [0.1, 0.15) is 34.0 Å². The summed E-state index contributed by atoms with van der Waals surface area (Å²) in [7, 11) is 0. The molecule has 0 saturated heterocycles. The van der Waals surface area contributed by atoms with Crippen LogP contribution in [0.15, 0.2) is 42.5 Å². The molecule has 2 aromatic carbocycles. The van der Waals surface area contributed by atoms with Gasteiger partial charge >= 0.3 is 12.4 Å². The molecule has 0 heterocycles. The van der Waals surface area contributed by atoms with E-state index in [1.165, 1.54) is 12.1 Å². The maximum absolute atomic E-state index is 12.9. The van der Waals surface area contributed by atoms with Crippen LogP contribution in [-0.4, -0.2) is 11.0 Å². The van der Waals surface area contributed by atoms with Gasteiger partial charge in [0.15, 0.2) is 5.11 Å². The van der Waals surface area contributed by atoms with Gasteiger partial charge in [-0.05, 0) is 54.5 Å². The lowest BCUT2D eigenvalue weighted by molar-refractivity contribution is -0.143. The summed E-state index contributed by atoms with van der Waals surface area (Å²) in [6.07, 6.45) is -9.20. The number of benzene rings is 2. The summed E-state index contributed by atoms with van der Waals surface area (Å²) in [5.74, 6) is -0.650. The molecule has 0 radical (unpaired) electrons. The number of rotatable bonds is 3. The second-order valence-electron chi connectivity index (χ2n) is 5.75. The van der Waals surface area contributed by atoms with Crippen molar-refractivity contribution in [3.05, 3.63) is 64.7 Å². The van der Waals surface area contributed by atoms with E-state index in [2.05, 4.69) is 10.6 Å². The van der Waals surface area contributed by atoms with Crippen LogP contribution < -0.4 is 10.6 Å². The highest BCUT2D eigenvalue weighted by atomic mass is 32.1. The van der Waals surface area contributed by atoms with Crippen LogP contribution in [0.3, 0.4) is 0 Å². The van der Waals surface area contributed by atoms with Crippen LogP contribution in [0.5, 0.6) is 0 Å². The highest BCUT2D eigenvalue weighted by molar-refractivity contribution is 7.80. The number of hydrogen-bond donors (Lipinski definition) is 2. The molecule has 0 spiro atoms. The largest absolute Gasteiger partial charge is 0.416 e. The molecule has 28 heavy (non-hydrogen) atoms. The lowest BCUT2D eigenvalue weighted by Gasteiger charge is -2.16. The predicted molar refractivity (Wildman–Crippen MR) is 96.0 cm³/mol. The summed E-state index contributed by atoms with van der Waals surface area (Å²) in [5, 5.41) is 3.97. The Morgan fingerprint density at radius 3 is 1.86 bits per heavy atom. The van der Waals surface area contributed by atoms with Crippen LogP contribution in [0.2, 0.25) is 0 Å². The van der Waals surface area contributed by atoms with E-state index in [-0.39, 0.29) is 11.6 Å². The number of carbonyl (C=O) groups is 1. The topological polar surface area (TPSA) is 41.1 Å². The average molecular weight is 420 g/mol. The fraction of sp³-hybridized carbons (Fsp3) is 0.222. The molecule has 1 amide bonds. The summed E-state index contributed by atoms with van der Waals surface area (Å²) in [6.45, 7) is 1.93.